The first-order valence-electron chi connectivity index (χ1n) is 9.12. The summed E-state index contributed by atoms with van der Waals surface area (Å²) in [7, 11) is 0. The number of hydrogen-bond acceptors (Lipinski definition) is 10. The molecule has 1 aliphatic heterocycles. The number of anilines is 3. The molecule has 4 N–H and O–H groups in total. The Bertz CT molecular complexity index is 941. The van der Waals surface area contributed by atoms with Crippen LogP contribution in [-0.2, 0) is 4.74 Å². The fraction of sp³-hybridized carbons (Fsp3) is 0.412. The smallest absolute Gasteiger partial charge is 0.380 e. The van der Waals surface area contributed by atoms with Crippen LogP contribution in [0.3, 0.4) is 0 Å². The first-order valence-corrected chi connectivity index (χ1v) is 9.12. The molecule has 14 heteroatoms. The number of amides is 1. The zero-order valence-corrected chi connectivity index (χ0v) is 16.0. The molecule has 1 atom stereocenters. The molecular weight excluding hydrogens is 419 g/mol. The SMILES string of the molecule is N#Cc1cnc(Nc2cc(NCC3CNCCO3)c(C(=O)NCC(F)(F)F)nn2)cn1. The number of nitriles is 1. The number of rotatable bonds is 7. The van der Waals surface area contributed by atoms with E-state index in [4.69, 9.17) is 10.00 Å². The highest BCUT2D eigenvalue weighted by Crippen LogP contribution is 2.20. The summed E-state index contributed by atoms with van der Waals surface area (Å²) in [5.74, 6) is -0.607. The van der Waals surface area contributed by atoms with Gasteiger partial charge in [-0.15, -0.1) is 10.2 Å². The van der Waals surface area contributed by atoms with E-state index in [0.717, 1.165) is 6.54 Å². The molecule has 0 spiro atoms. The van der Waals surface area contributed by atoms with Crippen molar-refractivity contribution in [2.75, 3.05) is 43.4 Å². The Balaban J connectivity index is 1.77. The number of halogens is 3. The van der Waals surface area contributed by atoms with Crippen LogP contribution in [0.5, 0.6) is 0 Å². The maximum Gasteiger partial charge on any atom is 0.405 e. The summed E-state index contributed by atoms with van der Waals surface area (Å²) in [5.41, 5.74) is -0.0193. The monoisotopic (exact) mass is 437 g/mol. The summed E-state index contributed by atoms with van der Waals surface area (Å²) in [6.45, 7) is 0.604. The van der Waals surface area contributed by atoms with Crippen molar-refractivity contribution in [3.8, 4) is 6.07 Å². The summed E-state index contributed by atoms with van der Waals surface area (Å²) in [5, 5.41) is 27.1. The molecule has 0 saturated carbocycles. The minimum absolute atomic E-state index is 0.122. The number of carbonyl (C=O) groups is 1. The Morgan fingerprint density at radius 3 is 2.77 bits per heavy atom. The van der Waals surface area contributed by atoms with Crippen LogP contribution in [0.2, 0.25) is 0 Å². The lowest BCUT2D eigenvalue weighted by atomic mass is 10.2. The van der Waals surface area contributed by atoms with E-state index in [0.29, 0.717) is 13.2 Å². The van der Waals surface area contributed by atoms with Gasteiger partial charge < -0.3 is 26.0 Å². The lowest BCUT2D eigenvalue weighted by molar-refractivity contribution is -0.123. The second-order valence-electron chi connectivity index (χ2n) is 6.39. The van der Waals surface area contributed by atoms with Gasteiger partial charge in [0.1, 0.15) is 18.4 Å². The summed E-state index contributed by atoms with van der Waals surface area (Å²) in [6, 6.07) is 3.25. The standard InChI is InChI=1S/C17H18F3N9O2/c18-17(19,20)9-26-16(30)15-12(24-7-11-6-22-1-2-31-11)3-13(28-29-15)27-14-8-23-10(4-21)5-25-14/h3,5,8,11,22H,1-2,6-7,9H2,(H,26,30)(H2,24,25,27,28). The van der Waals surface area contributed by atoms with E-state index in [-0.39, 0.29) is 41.4 Å². The molecule has 0 aliphatic carbocycles. The molecule has 2 aromatic heterocycles. The van der Waals surface area contributed by atoms with Crippen LogP contribution >= 0.6 is 0 Å². The Hall–Kier alpha value is -3.57. The highest BCUT2D eigenvalue weighted by molar-refractivity contribution is 5.97. The van der Waals surface area contributed by atoms with E-state index in [2.05, 4.69) is 36.1 Å². The third kappa shape index (κ3) is 6.73. The Labute approximate surface area is 174 Å². The van der Waals surface area contributed by atoms with Gasteiger partial charge in [-0.2, -0.15) is 18.4 Å². The van der Waals surface area contributed by atoms with Gasteiger partial charge in [0.25, 0.3) is 5.91 Å². The van der Waals surface area contributed by atoms with Crippen LogP contribution < -0.4 is 21.3 Å². The van der Waals surface area contributed by atoms with Crippen LogP contribution in [0.15, 0.2) is 18.5 Å². The topological polar surface area (TPSA) is 150 Å². The maximum absolute atomic E-state index is 12.5. The van der Waals surface area contributed by atoms with Gasteiger partial charge in [0, 0.05) is 25.7 Å². The molecule has 31 heavy (non-hydrogen) atoms. The van der Waals surface area contributed by atoms with E-state index in [1.165, 1.54) is 18.5 Å². The molecule has 11 nitrogen and oxygen atoms in total. The Kier molecular flexibility index (Phi) is 7.11. The normalized spacial score (nSPS) is 16.3. The van der Waals surface area contributed by atoms with Crippen molar-refractivity contribution in [2.24, 2.45) is 0 Å². The molecule has 1 fully saturated rings. The Morgan fingerprint density at radius 1 is 1.29 bits per heavy atom. The number of morpholine rings is 1. The average Bonchev–Trinajstić information content (AvgIpc) is 2.77. The average molecular weight is 437 g/mol. The number of hydrogen-bond donors (Lipinski definition) is 4. The third-order valence-electron chi connectivity index (χ3n) is 4.01. The summed E-state index contributed by atoms with van der Waals surface area (Å²) in [6.07, 6.45) is -2.21. The van der Waals surface area contributed by atoms with E-state index < -0.39 is 18.6 Å². The molecule has 3 heterocycles. The van der Waals surface area contributed by atoms with E-state index in [9.17, 15) is 18.0 Å². The number of carbonyl (C=O) groups excluding carboxylic acids is 1. The van der Waals surface area contributed by atoms with Crippen LogP contribution in [0, 0.1) is 11.3 Å². The molecule has 164 valence electrons. The molecule has 1 saturated heterocycles. The van der Waals surface area contributed by atoms with Gasteiger partial charge >= 0.3 is 6.18 Å². The number of alkyl halides is 3. The highest BCUT2D eigenvalue weighted by Gasteiger charge is 2.29. The lowest BCUT2D eigenvalue weighted by Gasteiger charge is -2.24. The lowest BCUT2D eigenvalue weighted by Crippen LogP contribution is -2.42. The van der Waals surface area contributed by atoms with Gasteiger partial charge in [0.2, 0.25) is 0 Å². The van der Waals surface area contributed by atoms with Crippen molar-refractivity contribution in [3.05, 3.63) is 29.8 Å². The van der Waals surface area contributed by atoms with Gasteiger partial charge in [-0.1, -0.05) is 0 Å². The molecule has 3 rings (SSSR count). The van der Waals surface area contributed by atoms with Gasteiger partial charge in [-0.05, 0) is 0 Å². The quantitative estimate of drug-likeness (QED) is 0.484. The maximum atomic E-state index is 12.5. The highest BCUT2D eigenvalue weighted by atomic mass is 19.4. The molecule has 1 aliphatic rings. The minimum Gasteiger partial charge on any atom is -0.380 e. The van der Waals surface area contributed by atoms with Crippen LogP contribution in [0.1, 0.15) is 16.2 Å². The number of nitrogens with zero attached hydrogens (tertiary/aromatic N) is 5. The molecule has 1 amide bonds. The second-order valence-corrected chi connectivity index (χ2v) is 6.39. The van der Waals surface area contributed by atoms with Crippen molar-refractivity contribution in [1.29, 1.82) is 5.26 Å². The zero-order valence-electron chi connectivity index (χ0n) is 16.0. The predicted molar refractivity (Wildman–Crippen MR) is 102 cm³/mol. The second kappa shape index (κ2) is 9.96. The van der Waals surface area contributed by atoms with E-state index in [1.807, 2.05) is 6.07 Å². The van der Waals surface area contributed by atoms with Gasteiger partial charge in [0.05, 0.1) is 30.8 Å². The first-order chi connectivity index (χ1) is 14.8. The Morgan fingerprint density at radius 2 is 2.13 bits per heavy atom. The van der Waals surface area contributed by atoms with Gasteiger partial charge in [-0.3, -0.25) is 4.79 Å². The third-order valence-corrected chi connectivity index (χ3v) is 4.01. The van der Waals surface area contributed by atoms with Crippen molar-refractivity contribution >= 4 is 23.2 Å². The molecule has 0 bridgehead atoms. The molecule has 0 radical (unpaired) electrons. The number of ether oxygens (including phenoxy) is 1. The van der Waals surface area contributed by atoms with Crippen molar-refractivity contribution in [1.82, 2.24) is 30.8 Å². The molecule has 0 aromatic carbocycles. The van der Waals surface area contributed by atoms with Crippen molar-refractivity contribution in [3.63, 3.8) is 0 Å². The molecular formula is C17H18F3N9O2. The number of nitrogens with one attached hydrogen (secondary N) is 4. The van der Waals surface area contributed by atoms with E-state index >= 15 is 0 Å². The van der Waals surface area contributed by atoms with Gasteiger partial charge in [-0.25, -0.2) is 9.97 Å². The van der Waals surface area contributed by atoms with Crippen LogP contribution in [0.25, 0.3) is 0 Å². The zero-order chi connectivity index (χ0) is 22.3. The summed E-state index contributed by atoms with van der Waals surface area (Å²) >= 11 is 0. The fourth-order valence-electron chi connectivity index (χ4n) is 2.58. The number of aromatic nitrogens is 4. The first kappa shape index (κ1) is 22.1. The van der Waals surface area contributed by atoms with E-state index in [1.54, 1.807) is 5.32 Å². The van der Waals surface area contributed by atoms with Crippen molar-refractivity contribution in [2.45, 2.75) is 12.3 Å². The minimum atomic E-state index is -4.56. The molecule has 2 aromatic rings. The van der Waals surface area contributed by atoms with Crippen LogP contribution in [-0.4, -0.2) is 71.1 Å². The van der Waals surface area contributed by atoms with Crippen molar-refractivity contribution < 1.29 is 22.7 Å². The summed E-state index contributed by atoms with van der Waals surface area (Å²) < 4.78 is 42.9. The summed E-state index contributed by atoms with van der Waals surface area (Å²) in [4.78, 5) is 20.1. The predicted octanol–water partition coefficient (Wildman–Crippen LogP) is 0.574. The largest absolute Gasteiger partial charge is 0.405 e. The fourth-order valence-corrected chi connectivity index (χ4v) is 2.58. The van der Waals surface area contributed by atoms with Gasteiger partial charge in [0.15, 0.2) is 17.2 Å². The van der Waals surface area contributed by atoms with Crippen LogP contribution in [0.4, 0.5) is 30.5 Å². The molecule has 1 unspecified atom stereocenters.